The number of hydrogen-bond donors (Lipinski definition) is 2. The van der Waals surface area contributed by atoms with Crippen LogP contribution in [0.4, 0.5) is 0 Å². The summed E-state index contributed by atoms with van der Waals surface area (Å²) in [7, 11) is 0. The second-order valence-electron chi connectivity index (χ2n) is 6.26. The zero-order valence-corrected chi connectivity index (χ0v) is 15.5. The number of halogens is 1. The van der Waals surface area contributed by atoms with Gasteiger partial charge in [0.2, 0.25) is 11.8 Å². The van der Waals surface area contributed by atoms with Gasteiger partial charge in [0, 0.05) is 31.9 Å². The summed E-state index contributed by atoms with van der Waals surface area (Å²) in [6.07, 6.45) is 7.17. The Kier molecular flexibility index (Phi) is 9.45. The Hall–Kier alpha value is -1.66. The molecule has 2 atom stereocenters. The van der Waals surface area contributed by atoms with E-state index in [0.29, 0.717) is 25.1 Å². The van der Waals surface area contributed by atoms with Gasteiger partial charge in [-0.05, 0) is 37.0 Å². The Bertz CT molecular complexity index is 536. The first-order chi connectivity index (χ1) is 11.6. The molecule has 0 aliphatic carbocycles. The van der Waals surface area contributed by atoms with Gasteiger partial charge >= 0.3 is 0 Å². The lowest BCUT2D eigenvalue weighted by Crippen LogP contribution is -2.51. The van der Waals surface area contributed by atoms with Crippen LogP contribution < -0.4 is 5.32 Å². The van der Waals surface area contributed by atoms with Crippen LogP contribution in [0, 0.1) is 0 Å². The maximum absolute atomic E-state index is 12.8. The van der Waals surface area contributed by atoms with E-state index in [2.05, 4.69) is 17.2 Å². The number of pyridine rings is 1. The minimum absolute atomic E-state index is 0. The lowest BCUT2D eigenvalue weighted by molar-refractivity contribution is -0.139. The van der Waals surface area contributed by atoms with E-state index in [1.54, 1.807) is 29.4 Å². The summed E-state index contributed by atoms with van der Waals surface area (Å²) >= 11 is 0. The maximum Gasteiger partial charge on any atom is 0.248 e. The SMILES string of the molecule is CCCCCC(=O)NC(C(=O)N1CCCC1)[C@@H](O)c1ccncc1.Cl. The van der Waals surface area contributed by atoms with E-state index < -0.39 is 12.1 Å². The van der Waals surface area contributed by atoms with E-state index in [-0.39, 0.29) is 24.2 Å². The van der Waals surface area contributed by atoms with Gasteiger partial charge in [0.05, 0.1) is 0 Å². The van der Waals surface area contributed by atoms with Crippen LogP contribution in [-0.2, 0) is 9.59 Å². The van der Waals surface area contributed by atoms with Crippen LogP contribution in [-0.4, -0.2) is 45.9 Å². The Labute approximate surface area is 155 Å². The van der Waals surface area contributed by atoms with Crippen molar-refractivity contribution in [3.8, 4) is 0 Å². The van der Waals surface area contributed by atoms with E-state index >= 15 is 0 Å². The lowest BCUT2D eigenvalue weighted by atomic mass is 10.0. The molecule has 6 nitrogen and oxygen atoms in total. The van der Waals surface area contributed by atoms with Crippen molar-refractivity contribution < 1.29 is 14.7 Å². The van der Waals surface area contributed by atoms with Crippen molar-refractivity contribution in [2.75, 3.05) is 13.1 Å². The predicted octanol–water partition coefficient (Wildman–Crippen LogP) is 2.22. The molecule has 140 valence electrons. The molecular formula is C18H28ClN3O3. The van der Waals surface area contributed by atoms with Gasteiger partial charge in [-0.3, -0.25) is 14.6 Å². The molecule has 0 aromatic carbocycles. The van der Waals surface area contributed by atoms with E-state index in [4.69, 9.17) is 0 Å². The highest BCUT2D eigenvalue weighted by atomic mass is 35.5. The summed E-state index contributed by atoms with van der Waals surface area (Å²) < 4.78 is 0. The highest BCUT2D eigenvalue weighted by molar-refractivity contribution is 5.88. The average molecular weight is 370 g/mol. The Morgan fingerprint density at radius 2 is 1.88 bits per heavy atom. The van der Waals surface area contributed by atoms with Gasteiger partial charge in [0.25, 0.3) is 0 Å². The third-order valence-corrected chi connectivity index (χ3v) is 4.37. The number of nitrogens with zero attached hydrogens (tertiary/aromatic N) is 2. The Morgan fingerprint density at radius 1 is 1.24 bits per heavy atom. The molecule has 0 saturated carbocycles. The average Bonchev–Trinajstić information content (AvgIpc) is 3.14. The summed E-state index contributed by atoms with van der Waals surface area (Å²) in [4.78, 5) is 30.6. The maximum atomic E-state index is 12.8. The summed E-state index contributed by atoms with van der Waals surface area (Å²) in [5.41, 5.74) is 0.580. The number of carbonyl (C=O) groups excluding carboxylic acids is 2. The monoisotopic (exact) mass is 369 g/mol. The lowest BCUT2D eigenvalue weighted by Gasteiger charge is -2.28. The van der Waals surface area contributed by atoms with E-state index in [1.807, 2.05) is 0 Å². The number of nitrogens with one attached hydrogen (secondary N) is 1. The highest BCUT2D eigenvalue weighted by Crippen LogP contribution is 2.20. The van der Waals surface area contributed by atoms with Crippen LogP contribution in [0.25, 0.3) is 0 Å². The number of rotatable bonds is 8. The summed E-state index contributed by atoms with van der Waals surface area (Å²) in [6, 6.07) is 2.38. The zero-order chi connectivity index (χ0) is 17.4. The number of unbranched alkanes of at least 4 members (excludes halogenated alkanes) is 2. The summed E-state index contributed by atoms with van der Waals surface area (Å²) in [6.45, 7) is 3.44. The van der Waals surface area contributed by atoms with Gasteiger partial charge in [-0.1, -0.05) is 19.8 Å². The second kappa shape index (κ2) is 11.1. The molecule has 2 heterocycles. The molecule has 2 amide bonds. The molecule has 1 aromatic rings. The van der Waals surface area contributed by atoms with Crippen molar-refractivity contribution in [2.24, 2.45) is 0 Å². The largest absolute Gasteiger partial charge is 0.386 e. The second-order valence-corrected chi connectivity index (χ2v) is 6.26. The van der Waals surface area contributed by atoms with Crippen LogP contribution in [0.2, 0.25) is 0 Å². The quantitative estimate of drug-likeness (QED) is 0.688. The van der Waals surface area contributed by atoms with Crippen molar-refractivity contribution >= 4 is 24.2 Å². The first-order valence-electron chi connectivity index (χ1n) is 8.79. The molecular weight excluding hydrogens is 342 g/mol. The Balaban J connectivity index is 0.00000312. The number of amides is 2. The molecule has 1 aliphatic heterocycles. The molecule has 7 heteroatoms. The summed E-state index contributed by atoms with van der Waals surface area (Å²) in [5.74, 6) is -0.394. The molecule has 2 N–H and O–H groups in total. The molecule has 0 radical (unpaired) electrons. The third-order valence-electron chi connectivity index (χ3n) is 4.37. The molecule has 0 spiro atoms. The van der Waals surface area contributed by atoms with Crippen LogP contribution in [0.5, 0.6) is 0 Å². The van der Waals surface area contributed by atoms with Gasteiger partial charge in [0.1, 0.15) is 12.1 Å². The molecule has 1 aliphatic rings. The van der Waals surface area contributed by atoms with Crippen LogP contribution in [0.3, 0.4) is 0 Å². The molecule has 1 fully saturated rings. The molecule has 1 aromatic heterocycles. The molecule has 25 heavy (non-hydrogen) atoms. The molecule has 2 rings (SSSR count). The van der Waals surface area contributed by atoms with Gasteiger partial charge in [-0.25, -0.2) is 0 Å². The number of likely N-dealkylation sites (tertiary alicyclic amines) is 1. The molecule has 0 bridgehead atoms. The van der Waals surface area contributed by atoms with Crippen LogP contribution >= 0.6 is 12.4 Å². The van der Waals surface area contributed by atoms with Crippen molar-refractivity contribution in [1.29, 1.82) is 0 Å². The Morgan fingerprint density at radius 3 is 2.48 bits per heavy atom. The van der Waals surface area contributed by atoms with Gasteiger partial charge in [0.15, 0.2) is 0 Å². The fraction of sp³-hybridized carbons (Fsp3) is 0.611. The van der Waals surface area contributed by atoms with Gasteiger partial charge < -0.3 is 15.3 Å². The van der Waals surface area contributed by atoms with Crippen molar-refractivity contribution in [1.82, 2.24) is 15.2 Å². The first kappa shape index (κ1) is 21.4. The molecule has 1 unspecified atom stereocenters. The fourth-order valence-electron chi connectivity index (χ4n) is 2.94. The number of carbonyl (C=O) groups is 2. The van der Waals surface area contributed by atoms with E-state index in [0.717, 1.165) is 32.1 Å². The standard InChI is InChI=1S/C18H27N3O3.ClH/c1-2-3-4-7-15(22)20-16(18(24)21-12-5-6-13-21)17(23)14-8-10-19-11-9-14;/h8-11,16-17,23H,2-7,12-13H2,1H3,(H,20,22);1H/t16?,17-;/m0./s1. The smallest absolute Gasteiger partial charge is 0.248 e. The van der Waals surface area contributed by atoms with Crippen LogP contribution in [0.15, 0.2) is 24.5 Å². The predicted molar refractivity (Wildman–Crippen MR) is 98.3 cm³/mol. The van der Waals surface area contributed by atoms with Gasteiger partial charge in [-0.2, -0.15) is 0 Å². The fourth-order valence-corrected chi connectivity index (χ4v) is 2.94. The highest BCUT2D eigenvalue weighted by Gasteiger charge is 2.33. The zero-order valence-electron chi connectivity index (χ0n) is 14.7. The van der Waals surface area contributed by atoms with Crippen molar-refractivity contribution in [2.45, 2.75) is 57.6 Å². The van der Waals surface area contributed by atoms with Crippen LogP contribution in [0.1, 0.15) is 57.1 Å². The van der Waals surface area contributed by atoms with Gasteiger partial charge in [-0.15, -0.1) is 12.4 Å². The molecule has 1 saturated heterocycles. The topological polar surface area (TPSA) is 82.5 Å². The minimum atomic E-state index is -1.07. The number of aliphatic hydroxyl groups is 1. The normalized spacial score (nSPS) is 16.0. The number of aliphatic hydroxyl groups excluding tert-OH is 1. The van der Waals surface area contributed by atoms with E-state index in [9.17, 15) is 14.7 Å². The van der Waals surface area contributed by atoms with Crippen molar-refractivity contribution in [3.63, 3.8) is 0 Å². The van der Waals surface area contributed by atoms with Crippen molar-refractivity contribution in [3.05, 3.63) is 30.1 Å². The minimum Gasteiger partial charge on any atom is -0.386 e. The third kappa shape index (κ3) is 6.29. The number of aromatic nitrogens is 1. The number of hydrogen-bond acceptors (Lipinski definition) is 4. The summed E-state index contributed by atoms with van der Waals surface area (Å²) in [5, 5.41) is 13.4. The van der Waals surface area contributed by atoms with E-state index in [1.165, 1.54) is 0 Å². The first-order valence-corrected chi connectivity index (χ1v) is 8.79.